The van der Waals surface area contributed by atoms with Crippen LogP contribution < -0.4 is 5.32 Å². The highest BCUT2D eigenvalue weighted by molar-refractivity contribution is 7.99. The summed E-state index contributed by atoms with van der Waals surface area (Å²) in [4.78, 5) is 0. The summed E-state index contributed by atoms with van der Waals surface area (Å²) in [7, 11) is 0. The smallest absolute Gasteiger partial charge is 0.0175 e. The quantitative estimate of drug-likeness (QED) is 0.825. The van der Waals surface area contributed by atoms with Crippen LogP contribution in [0.4, 0.5) is 0 Å². The molecular weight excluding hydrogens is 226 g/mol. The van der Waals surface area contributed by atoms with Gasteiger partial charge in [-0.2, -0.15) is 11.8 Å². The maximum absolute atomic E-state index is 3.97. The summed E-state index contributed by atoms with van der Waals surface area (Å²) in [5, 5.41) is 3.97. The van der Waals surface area contributed by atoms with E-state index in [-0.39, 0.29) is 0 Å². The van der Waals surface area contributed by atoms with Crippen LogP contribution in [0.25, 0.3) is 0 Å². The molecule has 0 aromatic carbocycles. The van der Waals surface area contributed by atoms with Crippen molar-refractivity contribution in [2.75, 3.05) is 18.1 Å². The van der Waals surface area contributed by atoms with Gasteiger partial charge in [0.2, 0.25) is 0 Å². The molecule has 1 aliphatic heterocycles. The molecule has 1 nitrogen and oxygen atoms in total. The van der Waals surface area contributed by atoms with Crippen molar-refractivity contribution in [1.29, 1.82) is 0 Å². The van der Waals surface area contributed by atoms with Gasteiger partial charge in [0.1, 0.15) is 0 Å². The first-order chi connectivity index (χ1) is 8.02. The fourth-order valence-electron chi connectivity index (χ4n) is 4.84. The average molecular weight is 253 g/mol. The van der Waals surface area contributed by atoms with Crippen molar-refractivity contribution >= 4 is 11.8 Å². The largest absolute Gasteiger partial charge is 0.313 e. The van der Waals surface area contributed by atoms with Gasteiger partial charge in [-0.05, 0) is 66.4 Å². The minimum atomic E-state index is 0.527. The van der Waals surface area contributed by atoms with Crippen molar-refractivity contribution in [1.82, 2.24) is 5.32 Å². The summed E-state index contributed by atoms with van der Waals surface area (Å²) in [6.07, 6.45) is 5.83. The highest BCUT2D eigenvalue weighted by Crippen LogP contribution is 2.62. The standard InChI is InChI=1S/C15H27NS/c1-14(2)12-4-6-15(3,8-12)13(14)16-9-11-5-7-17-10-11/h11-13,16H,4-10H2,1-3H3. The maximum atomic E-state index is 3.97. The molecule has 4 atom stereocenters. The van der Waals surface area contributed by atoms with Crippen LogP contribution in [0.5, 0.6) is 0 Å². The molecule has 2 bridgehead atoms. The Morgan fingerprint density at radius 3 is 2.65 bits per heavy atom. The Bertz CT molecular complexity index is 291. The highest BCUT2D eigenvalue weighted by atomic mass is 32.2. The Kier molecular flexibility index (Phi) is 3.02. The molecule has 1 heterocycles. The summed E-state index contributed by atoms with van der Waals surface area (Å²) in [6.45, 7) is 8.80. The molecule has 0 radical (unpaired) electrons. The minimum Gasteiger partial charge on any atom is -0.313 e. The van der Waals surface area contributed by atoms with E-state index in [2.05, 4.69) is 37.8 Å². The molecule has 0 aromatic rings. The normalized spacial score (nSPS) is 47.8. The van der Waals surface area contributed by atoms with E-state index >= 15 is 0 Å². The molecule has 0 aromatic heterocycles. The first-order valence-corrected chi connectivity index (χ1v) is 8.49. The lowest BCUT2D eigenvalue weighted by Crippen LogP contribution is -2.51. The van der Waals surface area contributed by atoms with Crippen LogP contribution in [0.15, 0.2) is 0 Å². The van der Waals surface area contributed by atoms with E-state index in [1.807, 2.05) is 0 Å². The van der Waals surface area contributed by atoms with Gasteiger partial charge in [-0.25, -0.2) is 0 Å². The van der Waals surface area contributed by atoms with Crippen LogP contribution >= 0.6 is 11.8 Å². The van der Waals surface area contributed by atoms with Crippen molar-refractivity contribution in [3.8, 4) is 0 Å². The topological polar surface area (TPSA) is 12.0 Å². The van der Waals surface area contributed by atoms with Crippen LogP contribution in [0.3, 0.4) is 0 Å². The molecule has 0 spiro atoms. The first-order valence-electron chi connectivity index (χ1n) is 7.33. The van der Waals surface area contributed by atoms with Gasteiger partial charge in [0.25, 0.3) is 0 Å². The maximum Gasteiger partial charge on any atom is 0.0175 e. The van der Waals surface area contributed by atoms with Crippen molar-refractivity contribution < 1.29 is 0 Å². The fourth-order valence-corrected chi connectivity index (χ4v) is 6.12. The third-order valence-corrected chi connectivity index (χ3v) is 7.14. The van der Waals surface area contributed by atoms with Crippen LogP contribution in [-0.2, 0) is 0 Å². The molecule has 3 aliphatic rings. The summed E-state index contributed by atoms with van der Waals surface area (Å²) >= 11 is 2.14. The van der Waals surface area contributed by atoms with E-state index < -0.39 is 0 Å². The van der Waals surface area contributed by atoms with Gasteiger partial charge in [-0.15, -0.1) is 0 Å². The number of thioether (sulfide) groups is 1. The lowest BCUT2D eigenvalue weighted by atomic mass is 9.68. The second-order valence-electron chi connectivity index (χ2n) is 7.49. The lowest BCUT2D eigenvalue weighted by Gasteiger charge is -2.43. The zero-order chi connectivity index (χ0) is 12.1. The second kappa shape index (κ2) is 4.16. The molecule has 2 heteroatoms. The highest BCUT2D eigenvalue weighted by Gasteiger charge is 2.58. The summed E-state index contributed by atoms with van der Waals surface area (Å²) < 4.78 is 0. The number of fused-ring (bicyclic) bond motifs is 2. The molecule has 1 N–H and O–H groups in total. The predicted molar refractivity (Wildman–Crippen MR) is 76.5 cm³/mol. The van der Waals surface area contributed by atoms with E-state index in [9.17, 15) is 0 Å². The van der Waals surface area contributed by atoms with E-state index in [0.29, 0.717) is 10.8 Å². The van der Waals surface area contributed by atoms with Gasteiger partial charge in [0.15, 0.2) is 0 Å². The van der Waals surface area contributed by atoms with E-state index in [0.717, 1.165) is 17.9 Å². The van der Waals surface area contributed by atoms with Gasteiger partial charge in [0.05, 0.1) is 0 Å². The van der Waals surface area contributed by atoms with Gasteiger partial charge in [-0.3, -0.25) is 0 Å². The number of hydrogen-bond acceptors (Lipinski definition) is 2. The average Bonchev–Trinajstić information content (AvgIpc) is 2.90. The van der Waals surface area contributed by atoms with E-state index in [1.54, 1.807) is 0 Å². The fraction of sp³-hybridized carbons (Fsp3) is 1.00. The Balaban J connectivity index is 1.65. The van der Waals surface area contributed by atoms with Gasteiger partial charge in [0, 0.05) is 6.04 Å². The zero-order valence-corrected chi connectivity index (χ0v) is 12.4. The van der Waals surface area contributed by atoms with E-state index in [1.165, 1.54) is 43.7 Å². The molecule has 2 saturated carbocycles. The Hall–Kier alpha value is 0.310. The van der Waals surface area contributed by atoms with Crippen molar-refractivity contribution in [2.24, 2.45) is 22.7 Å². The first kappa shape index (κ1) is 12.3. The molecule has 1 saturated heterocycles. The van der Waals surface area contributed by atoms with Crippen molar-refractivity contribution in [3.63, 3.8) is 0 Å². The number of rotatable bonds is 3. The second-order valence-corrected chi connectivity index (χ2v) is 8.64. The minimum absolute atomic E-state index is 0.527. The molecule has 3 fully saturated rings. The Labute approximate surface area is 111 Å². The number of nitrogens with one attached hydrogen (secondary N) is 1. The van der Waals surface area contributed by atoms with Crippen molar-refractivity contribution in [3.05, 3.63) is 0 Å². The van der Waals surface area contributed by atoms with Crippen LogP contribution in [-0.4, -0.2) is 24.1 Å². The monoisotopic (exact) mass is 253 g/mol. The molecule has 98 valence electrons. The molecule has 0 amide bonds. The Morgan fingerprint density at radius 2 is 2.06 bits per heavy atom. The summed E-state index contributed by atoms with van der Waals surface area (Å²) in [5.74, 6) is 4.70. The van der Waals surface area contributed by atoms with Gasteiger partial charge in [-0.1, -0.05) is 20.8 Å². The lowest BCUT2D eigenvalue weighted by molar-refractivity contribution is 0.106. The molecule has 3 rings (SSSR count). The molecular formula is C15H27NS. The Morgan fingerprint density at radius 1 is 1.24 bits per heavy atom. The predicted octanol–water partition coefficient (Wildman–Crippen LogP) is 3.54. The third kappa shape index (κ3) is 1.96. The number of hydrogen-bond donors (Lipinski definition) is 1. The SMILES string of the molecule is CC12CCC(C1)C(C)(C)C2NCC1CCSC1. The van der Waals surface area contributed by atoms with Gasteiger partial charge >= 0.3 is 0 Å². The van der Waals surface area contributed by atoms with Crippen LogP contribution in [0, 0.1) is 22.7 Å². The molecule has 17 heavy (non-hydrogen) atoms. The summed E-state index contributed by atoms with van der Waals surface area (Å²) in [6, 6.07) is 0.763. The molecule has 4 unspecified atom stereocenters. The van der Waals surface area contributed by atoms with Gasteiger partial charge < -0.3 is 5.32 Å². The zero-order valence-electron chi connectivity index (χ0n) is 11.6. The van der Waals surface area contributed by atoms with Crippen molar-refractivity contribution in [2.45, 2.75) is 52.5 Å². The third-order valence-electron chi connectivity index (χ3n) is 5.90. The molecule has 2 aliphatic carbocycles. The van der Waals surface area contributed by atoms with Crippen LogP contribution in [0.2, 0.25) is 0 Å². The van der Waals surface area contributed by atoms with E-state index in [4.69, 9.17) is 0 Å². The summed E-state index contributed by atoms with van der Waals surface area (Å²) in [5.41, 5.74) is 1.12. The van der Waals surface area contributed by atoms with Crippen LogP contribution in [0.1, 0.15) is 46.5 Å².